The van der Waals surface area contributed by atoms with E-state index in [4.69, 9.17) is 9.29 Å². The monoisotopic (exact) mass is 529 g/mol. The van der Waals surface area contributed by atoms with Crippen LogP contribution in [0.4, 0.5) is 18.9 Å². The summed E-state index contributed by atoms with van der Waals surface area (Å²) in [5.41, 5.74) is 3.43. The fraction of sp³-hybridized carbons (Fsp3) is 0.704. The van der Waals surface area contributed by atoms with E-state index in [1.807, 2.05) is 6.07 Å². The highest BCUT2D eigenvalue weighted by atomic mass is 32.2. The Morgan fingerprint density at radius 1 is 1.22 bits per heavy atom. The first-order valence-corrected chi connectivity index (χ1v) is 14.5. The van der Waals surface area contributed by atoms with Crippen LogP contribution in [0.25, 0.3) is 0 Å². The van der Waals surface area contributed by atoms with Crippen LogP contribution in [0, 0.1) is 16.7 Å². The Bertz CT molecular complexity index is 1060. The van der Waals surface area contributed by atoms with Crippen molar-refractivity contribution >= 4 is 16.0 Å². The molecule has 4 rings (SSSR count). The molecule has 0 radical (unpaired) electrons. The number of aliphatic hydroxyl groups excluding tert-OH is 1. The Morgan fingerprint density at radius 2 is 2.00 bits per heavy atom. The molecule has 0 bridgehead atoms. The molecule has 0 heterocycles. The van der Waals surface area contributed by atoms with Gasteiger partial charge in [0.2, 0.25) is 0 Å². The highest BCUT2D eigenvalue weighted by molar-refractivity contribution is 7.88. The smallest absolute Gasteiger partial charge is 0.384 e. The largest absolute Gasteiger partial charge is 0.414 e. The van der Waals surface area contributed by atoms with Crippen LogP contribution < -0.4 is 4.72 Å². The molecule has 2 saturated carbocycles. The van der Waals surface area contributed by atoms with Crippen LogP contribution in [0.1, 0.15) is 88.2 Å². The van der Waals surface area contributed by atoms with Gasteiger partial charge in [0.05, 0.1) is 12.3 Å². The molecule has 5 nitrogen and oxygen atoms in total. The average molecular weight is 530 g/mol. The molecule has 5 atom stereocenters. The lowest BCUT2D eigenvalue weighted by molar-refractivity contribution is -0.205. The van der Waals surface area contributed by atoms with Crippen LogP contribution in [0.3, 0.4) is 0 Å². The molecule has 9 heteroatoms. The van der Waals surface area contributed by atoms with Crippen molar-refractivity contribution in [3.63, 3.8) is 0 Å². The van der Waals surface area contributed by atoms with E-state index in [1.54, 1.807) is 6.07 Å². The van der Waals surface area contributed by atoms with Gasteiger partial charge in [0, 0.05) is 0 Å². The van der Waals surface area contributed by atoms with Crippen LogP contribution in [0.15, 0.2) is 30.9 Å². The number of aryl methyl sites for hydroxylation is 1. The lowest BCUT2D eigenvalue weighted by Gasteiger charge is -2.56. The van der Waals surface area contributed by atoms with Crippen molar-refractivity contribution in [1.29, 1.82) is 0 Å². The number of alkyl halides is 3. The van der Waals surface area contributed by atoms with E-state index < -0.39 is 29.0 Å². The van der Waals surface area contributed by atoms with Crippen LogP contribution in [0.2, 0.25) is 0 Å². The highest BCUT2D eigenvalue weighted by Gasteiger charge is 2.57. The molecular formula is C27H38F3NO4S. The minimum atomic E-state index is -4.63. The number of anilines is 1. The third kappa shape index (κ3) is 5.48. The summed E-state index contributed by atoms with van der Waals surface area (Å²) < 4.78 is 69.2. The van der Waals surface area contributed by atoms with E-state index in [-0.39, 0.29) is 24.9 Å². The van der Waals surface area contributed by atoms with E-state index in [9.17, 15) is 21.6 Å². The predicted molar refractivity (Wildman–Crippen MR) is 134 cm³/mol. The zero-order valence-electron chi connectivity index (χ0n) is 20.9. The first-order chi connectivity index (χ1) is 16.9. The van der Waals surface area contributed by atoms with Gasteiger partial charge in [0.15, 0.2) is 0 Å². The van der Waals surface area contributed by atoms with Crippen molar-refractivity contribution in [3.8, 4) is 0 Å². The Balaban J connectivity index is 1.34. The Hall–Kier alpha value is -1.58. The van der Waals surface area contributed by atoms with E-state index in [1.165, 1.54) is 36.8 Å². The highest BCUT2D eigenvalue weighted by Crippen LogP contribution is 2.67. The number of allylic oxidation sites excluding steroid dienone is 1. The number of fused-ring (bicyclic) bond motifs is 5. The molecule has 202 valence electrons. The first kappa shape index (κ1) is 27.5. The lowest BCUT2D eigenvalue weighted by Crippen LogP contribution is -2.47. The van der Waals surface area contributed by atoms with Gasteiger partial charge < -0.3 is 5.11 Å². The quantitative estimate of drug-likeness (QED) is 0.263. The summed E-state index contributed by atoms with van der Waals surface area (Å²) in [5, 5.41) is 9.00. The molecule has 0 aliphatic heterocycles. The molecule has 0 saturated heterocycles. The molecule has 0 spiro atoms. The number of aliphatic hydroxyl groups is 1. The molecule has 0 unspecified atom stereocenters. The third-order valence-corrected chi connectivity index (χ3v) is 10.1. The summed E-state index contributed by atoms with van der Waals surface area (Å²) in [5.74, 6) is 1.06. The van der Waals surface area contributed by atoms with Gasteiger partial charge in [0.1, 0.15) is 6.10 Å². The number of rotatable bonds is 10. The van der Waals surface area contributed by atoms with E-state index in [0.29, 0.717) is 29.4 Å². The Morgan fingerprint density at radius 3 is 2.72 bits per heavy atom. The molecule has 3 aliphatic carbocycles. The topological polar surface area (TPSA) is 75.6 Å². The summed E-state index contributed by atoms with van der Waals surface area (Å²) in [6.45, 7) is 6.60. The van der Waals surface area contributed by atoms with Crippen molar-refractivity contribution in [2.24, 2.45) is 16.7 Å². The first-order valence-electron chi connectivity index (χ1n) is 13.1. The summed E-state index contributed by atoms with van der Waals surface area (Å²) in [7, 11) is -4.04. The zero-order valence-corrected chi connectivity index (χ0v) is 21.8. The Labute approximate surface area is 212 Å². The molecular weight excluding hydrogens is 491 g/mol. The average Bonchev–Trinajstić information content (AvgIpc) is 3.22. The zero-order chi connectivity index (χ0) is 26.2. The van der Waals surface area contributed by atoms with Crippen molar-refractivity contribution in [3.05, 3.63) is 42.0 Å². The van der Waals surface area contributed by atoms with Gasteiger partial charge in [-0.3, -0.25) is 8.91 Å². The maximum absolute atomic E-state index is 12.4. The van der Waals surface area contributed by atoms with Crippen LogP contribution in [0.5, 0.6) is 0 Å². The molecule has 1 aromatic rings. The fourth-order valence-electron chi connectivity index (χ4n) is 7.31. The number of halogens is 3. The number of benzene rings is 1. The fourth-order valence-corrected chi connectivity index (χ4v) is 8.13. The number of nitrogens with one attached hydrogen (secondary N) is 1. The van der Waals surface area contributed by atoms with Gasteiger partial charge in [0.25, 0.3) is 0 Å². The van der Waals surface area contributed by atoms with Gasteiger partial charge in [-0.25, -0.2) is 0 Å². The molecule has 0 amide bonds. The van der Waals surface area contributed by atoms with E-state index >= 15 is 0 Å². The SMILES string of the molecule is C=C[C@@]12CCc3cc(NS(=O)(=O)OCCCCC[C@@H](O)C(F)(F)F)ccc3[C@H]1CC[C@]1(C)CCC[C@H]12. The maximum Gasteiger partial charge on any atom is 0.414 e. The van der Waals surface area contributed by atoms with E-state index in [2.05, 4.69) is 30.4 Å². The second-order valence-corrected chi connectivity index (χ2v) is 12.6. The summed E-state index contributed by atoms with van der Waals surface area (Å²) in [6.07, 6.45) is 3.68. The number of unbranched alkanes of at least 4 members (excludes halogenated alkanes) is 2. The second kappa shape index (κ2) is 10.3. The van der Waals surface area contributed by atoms with Crippen LogP contribution in [-0.4, -0.2) is 32.4 Å². The predicted octanol–water partition coefficient (Wildman–Crippen LogP) is 6.65. The van der Waals surface area contributed by atoms with Gasteiger partial charge >= 0.3 is 16.5 Å². The molecule has 0 aromatic heterocycles. The minimum absolute atomic E-state index is 0.108. The summed E-state index contributed by atoms with van der Waals surface area (Å²) >= 11 is 0. The van der Waals surface area contributed by atoms with Crippen LogP contribution in [-0.2, 0) is 20.9 Å². The summed E-state index contributed by atoms with van der Waals surface area (Å²) in [4.78, 5) is 0. The third-order valence-electron chi connectivity index (χ3n) is 9.09. The van der Waals surface area contributed by atoms with Crippen molar-refractivity contribution in [2.45, 2.75) is 95.8 Å². The normalized spacial score (nSPS) is 30.7. The molecule has 36 heavy (non-hydrogen) atoms. The van der Waals surface area contributed by atoms with Crippen LogP contribution >= 0.6 is 0 Å². The Kier molecular flexibility index (Phi) is 7.85. The minimum Gasteiger partial charge on any atom is -0.384 e. The van der Waals surface area contributed by atoms with Gasteiger partial charge in [-0.15, -0.1) is 6.58 Å². The maximum atomic E-state index is 12.4. The van der Waals surface area contributed by atoms with Crippen molar-refractivity contribution in [2.75, 3.05) is 11.3 Å². The lowest BCUT2D eigenvalue weighted by atomic mass is 9.47. The van der Waals surface area contributed by atoms with Crippen molar-refractivity contribution < 1.29 is 30.9 Å². The number of hydrogen-bond acceptors (Lipinski definition) is 4. The summed E-state index contributed by atoms with van der Waals surface area (Å²) in [6, 6.07) is 5.75. The number of hydrogen-bond donors (Lipinski definition) is 2. The second-order valence-electron chi connectivity index (χ2n) is 11.2. The molecule has 2 N–H and O–H groups in total. The van der Waals surface area contributed by atoms with E-state index in [0.717, 1.165) is 19.3 Å². The van der Waals surface area contributed by atoms with Gasteiger partial charge in [-0.05, 0) is 97.3 Å². The van der Waals surface area contributed by atoms with Gasteiger partial charge in [-0.2, -0.15) is 21.6 Å². The molecule has 2 fully saturated rings. The standard InChI is InChI=1S/C27H38F3NO4S/c1-3-26-16-12-19-18-20(10-11-21(19)22(26)13-15-25(2)14-7-8-23(25)26)31-36(33,34)35-17-6-4-5-9-24(32)27(28,29)30/h3,10-11,18,22-24,31-32H,1,4-9,12-17H2,2H3/t22-,23-,24-,25+,26-/m1/s1. The molecule has 3 aliphatic rings. The molecule has 1 aromatic carbocycles. The van der Waals surface area contributed by atoms with Gasteiger partial charge in [-0.1, -0.05) is 38.3 Å². The van der Waals surface area contributed by atoms with Crippen molar-refractivity contribution in [1.82, 2.24) is 0 Å².